The molecule has 4 heteroatoms. The molecular weight excluding hydrogens is 356 g/mol. The fraction of sp³-hybridized carbons (Fsp3) is 0.0714. The first-order chi connectivity index (χ1) is 8.61. The average molecular weight is 366 g/mol. The number of hydrogen-bond donors (Lipinski definition) is 1. The number of nitrogens with zero attached hydrogens (tertiary/aromatic N) is 1. The summed E-state index contributed by atoms with van der Waals surface area (Å²) < 4.78 is 1.94. The van der Waals surface area contributed by atoms with Gasteiger partial charge in [-0.05, 0) is 58.7 Å². The Labute approximate surface area is 123 Å². The van der Waals surface area contributed by atoms with Crippen LogP contribution in [-0.2, 0) is 0 Å². The molecule has 0 saturated heterocycles. The molecule has 18 heavy (non-hydrogen) atoms. The van der Waals surface area contributed by atoms with E-state index < -0.39 is 0 Å². The molecule has 0 heterocycles. The summed E-state index contributed by atoms with van der Waals surface area (Å²) in [6.45, 7) is 2.05. The van der Waals surface area contributed by atoms with Crippen LogP contribution in [0.15, 0.2) is 45.3 Å². The summed E-state index contributed by atoms with van der Waals surface area (Å²) >= 11 is 6.97. The molecule has 2 nitrogen and oxygen atoms in total. The molecule has 1 N–H and O–H groups in total. The first-order valence-corrected chi connectivity index (χ1v) is 6.92. The number of benzene rings is 2. The van der Waals surface area contributed by atoms with Crippen molar-refractivity contribution in [2.75, 3.05) is 5.32 Å². The summed E-state index contributed by atoms with van der Waals surface area (Å²) in [7, 11) is 0. The van der Waals surface area contributed by atoms with Crippen LogP contribution in [0, 0.1) is 18.3 Å². The largest absolute Gasteiger partial charge is 0.354 e. The van der Waals surface area contributed by atoms with Gasteiger partial charge in [0.25, 0.3) is 0 Å². The van der Waals surface area contributed by atoms with Crippen molar-refractivity contribution in [1.82, 2.24) is 0 Å². The maximum atomic E-state index is 8.83. The van der Waals surface area contributed by atoms with E-state index in [1.54, 1.807) is 12.1 Å². The van der Waals surface area contributed by atoms with Gasteiger partial charge in [0.15, 0.2) is 0 Å². The zero-order valence-electron chi connectivity index (χ0n) is 9.67. The maximum Gasteiger partial charge on any atom is 0.0992 e. The zero-order chi connectivity index (χ0) is 13.1. The highest BCUT2D eigenvalue weighted by Crippen LogP contribution is 2.30. The summed E-state index contributed by atoms with van der Waals surface area (Å²) in [5.41, 5.74) is 3.76. The predicted octanol–water partition coefficient (Wildman–Crippen LogP) is 5.14. The molecule has 2 rings (SSSR count). The van der Waals surface area contributed by atoms with Gasteiger partial charge >= 0.3 is 0 Å². The van der Waals surface area contributed by atoms with Gasteiger partial charge in [-0.15, -0.1) is 0 Å². The molecule has 0 aliphatic heterocycles. The van der Waals surface area contributed by atoms with Crippen molar-refractivity contribution in [3.05, 3.63) is 56.5 Å². The highest BCUT2D eigenvalue weighted by Gasteiger charge is 2.05. The second-order valence-electron chi connectivity index (χ2n) is 3.84. The Morgan fingerprint density at radius 1 is 1.06 bits per heavy atom. The molecule has 0 unspecified atom stereocenters. The molecule has 0 bridgehead atoms. The number of nitriles is 1. The third-order valence-electron chi connectivity index (χ3n) is 2.64. The fourth-order valence-electron chi connectivity index (χ4n) is 1.57. The van der Waals surface area contributed by atoms with Crippen LogP contribution >= 0.6 is 31.9 Å². The second-order valence-corrected chi connectivity index (χ2v) is 5.55. The number of anilines is 2. The summed E-state index contributed by atoms with van der Waals surface area (Å²) in [6.07, 6.45) is 0. The Kier molecular flexibility index (Phi) is 4.05. The molecule has 2 aromatic carbocycles. The van der Waals surface area contributed by atoms with Crippen LogP contribution in [0.3, 0.4) is 0 Å². The van der Waals surface area contributed by atoms with E-state index in [4.69, 9.17) is 5.26 Å². The van der Waals surface area contributed by atoms with Gasteiger partial charge in [0, 0.05) is 14.6 Å². The quantitative estimate of drug-likeness (QED) is 0.800. The van der Waals surface area contributed by atoms with Crippen LogP contribution in [0.1, 0.15) is 11.1 Å². The van der Waals surface area contributed by atoms with Crippen LogP contribution in [0.25, 0.3) is 0 Å². The molecule has 2 aromatic rings. The summed E-state index contributed by atoms with van der Waals surface area (Å²) in [4.78, 5) is 0. The summed E-state index contributed by atoms with van der Waals surface area (Å²) in [5, 5.41) is 12.2. The van der Waals surface area contributed by atoms with Crippen molar-refractivity contribution in [2.24, 2.45) is 0 Å². The van der Waals surface area contributed by atoms with Crippen molar-refractivity contribution < 1.29 is 0 Å². The van der Waals surface area contributed by atoms with E-state index in [-0.39, 0.29) is 0 Å². The van der Waals surface area contributed by atoms with Crippen LogP contribution < -0.4 is 5.32 Å². The normalized spacial score (nSPS) is 9.89. The lowest BCUT2D eigenvalue weighted by atomic mass is 10.2. The predicted molar refractivity (Wildman–Crippen MR) is 81.0 cm³/mol. The molecule has 0 aliphatic carbocycles. The van der Waals surface area contributed by atoms with Gasteiger partial charge in [0.05, 0.1) is 17.3 Å². The van der Waals surface area contributed by atoms with E-state index >= 15 is 0 Å². The van der Waals surface area contributed by atoms with Gasteiger partial charge in [0.2, 0.25) is 0 Å². The minimum Gasteiger partial charge on any atom is -0.354 e. The van der Waals surface area contributed by atoms with Gasteiger partial charge in [-0.2, -0.15) is 5.26 Å². The Morgan fingerprint density at radius 3 is 2.50 bits per heavy atom. The first-order valence-electron chi connectivity index (χ1n) is 5.33. The monoisotopic (exact) mass is 364 g/mol. The Hall–Kier alpha value is -1.31. The maximum absolute atomic E-state index is 8.83. The Balaban J connectivity index is 2.35. The van der Waals surface area contributed by atoms with Crippen LogP contribution in [-0.4, -0.2) is 0 Å². The lowest BCUT2D eigenvalue weighted by Crippen LogP contribution is -1.94. The van der Waals surface area contributed by atoms with Crippen molar-refractivity contribution in [2.45, 2.75) is 6.92 Å². The average Bonchev–Trinajstić information content (AvgIpc) is 2.37. The first kappa shape index (κ1) is 13.1. The Bertz CT molecular complexity index is 630. The van der Waals surface area contributed by atoms with E-state index in [0.717, 1.165) is 25.9 Å². The minimum absolute atomic E-state index is 0.637. The lowest BCUT2D eigenvalue weighted by Gasteiger charge is -2.12. The van der Waals surface area contributed by atoms with Gasteiger partial charge in [-0.1, -0.05) is 22.0 Å². The molecule has 0 saturated carbocycles. The third-order valence-corrected chi connectivity index (χ3v) is 4.15. The minimum atomic E-state index is 0.637. The van der Waals surface area contributed by atoms with Gasteiger partial charge in [0.1, 0.15) is 0 Å². The molecule has 0 amide bonds. The smallest absolute Gasteiger partial charge is 0.0992 e. The van der Waals surface area contributed by atoms with Gasteiger partial charge in [-0.3, -0.25) is 0 Å². The standard InChI is InChI=1S/C14H10Br2N2/c1-9-11(15)3-2-4-13(9)18-14-6-5-10(8-17)7-12(14)16/h2-7,18H,1H3. The molecule has 90 valence electrons. The van der Waals surface area contributed by atoms with Gasteiger partial charge < -0.3 is 5.32 Å². The number of hydrogen-bond acceptors (Lipinski definition) is 2. The molecule has 0 radical (unpaired) electrons. The topological polar surface area (TPSA) is 35.8 Å². The van der Waals surface area contributed by atoms with Crippen molar-refractivity contribution >= 4 is 43.2 Å². The van der Waals surface area contributed by atoms with E-state index in [0.29, 0.717) is 5.56 Å². The van der Waals surface area contributed by atoms with E-state index in [1.165, 1.54) is 0 Å². The van der Waals surface area contributed by atoms with Gasteiger partial charge in [-0.25, -0.2) is 0 Å². The van der Waals surface area contributed by atoms with E-state index in [1.807, 2.05) is 31.2 Å². The molecule has 0 atom stereocenters. The highest BCUT2D eigenvalue weighted by molar-refractivity contribution is 9.11. The number of halogens is 2. The van der Waals surface area contributed by atoms with Crippen molar-refractivity contribution in [3.63, 3.8) is 0 Å². The fourth-order valence-corrected chi connectivity index (χ4v) is 2.42. The summed E-state index contributed by atoms with van der Waals surface area (Å²) in [5.74, 6) is 0. The zero-order valence-corrected chi connectivity index (χ0v) is 12.8. The third kappa shape index (κ3) is 2.74. The summed E-state index contributed by atoms with van der Waals surface area (Å²) in [6, 6.07) is 13.6. The Morgan fingerprint density at radius 2 is 1.83 bits per heavy atom. The second kappa shape index (κ2) is 5.55. The number of rotatable bonds is 2. The molecule has 0 fully saturated rings. The highest BCUT2D eigenvalue weighted by atomic mass is 79.9. The van der Waals surface area contributed by atoms with Crippen LogP contribution in [0.4, 0.5) is 11.4 Å². The van der Waals surface area contributed by atoms with E-state index in [2.05, 4.69) is 43.2 Å². The van der Waals surface area contributed by atoms with Crippen molar-refractivity contribution in [1.29, 1.82) is 5.26 Å². The van der Waals surface area contributed by atoms with E-state index in [9.17, 15) is 0 Å². The van der Waals surface area contributed by atoms with Crippen LogP contribution in [0.2, 0.25) is 0 Å². The number of nitrogens with one attached hydrogen (secondary N) is 1. The van der Waals surface area contributed by atoms with Crippen molar-refractivity contribution in [3.8, 4) is 6.07 Å². The molecule has 0 aromatic heterocycles. The molecule has 0 spiro atoms. The molecular formula is C14H10Br2N2. The van der Waals surface area contributed by atoms with Crippen LogP contribution in [0.5, 0.6) is 0 Å². The SMILES string of the molecule is Cc1c(Br)cccc1Nc1ccc(C#N)cc1Br. The lowest BCUT2D eigenvalue weighted by molar-refractivity contribution is 1.39. The molecule has 0 aliphatic rings.